The van der Waals surface area contributed by atoms with Crippen LogP contribution in [0.2, 0.25) is 5.02 Å². The van der Waals surface area contributed by atoms with Gasteiger partial charge >= 0.3 is 11.8 Å². The summed E-state index contributed by atoms with van der Waals surface area (Å²) in [6.45, 7) is 3.27. The topological polar surface area (TPSA) is 96.5 Å². The minimum Gasteiger partial charge on any atom is -0.372 e. The molecule has 1 atom stereocenters. The number of carbonyl (C=O) groups is 3. The Labute approximate surface area is 168 Å². The second kappa shape index (κ2) is 9.34. The highest BCUT2D eigenvalue weighted by molar-refractivity contribution is 6.39. The number of halogens is 1. The normalized spacial score (nSPS) is 12.6. The van der Waals surface area contributed by atoms with E-state index in [1.165, 1.54) is 14.0 Å². The van der Waals surface area contributed by atoms with E-state index in [0.717, 1.165) is 5.56 Å². The van der Waals surface area contributed by atoms with E-state index in [4.69, 9.17) is 16.3 Å². The zero-order valence-corrected chi connectivity index (χ0v) is 16.6. The van der Waals surface area contributed by atoms with E-state index in [1.54, 1.807) is 49.4 Å². The summed E-state index contributed by atoms with van der Waals surface area (Å²) in [4.78, 5) is 35.3. The number of rotatable bonds is 6. The van der Waals surface area contributed by atoms with E-state index < -0.39 is 17.4 Å². The van der Waals surface area contributed by atoms with E-state index in [1.807, 2.05) is 6.07 Å². The summed E-state index contributed by atoms with van der Waals surface area (Å²) in [5.74, 6) is -1.80. The van der Waals surface area contributed by atoms with Crippen molar-refractivity contribution in [2.24, 2.45) is 0 Å². The van der Waals surface area contributed by atoms with Crippen molar-refractivity contribution in [2.75, 3.05) is 24.3 Å². The Morgan fingerprint density at radius 1 is 1.00 bits per heavy atom. The van der Waals surface area contributed by atoms with Gasteiger partial charge in [-0.2, -0.15) is 0 Å². The van der Waals surface area contributed by atoms with Crippen LogP contribution in [-0.4, -0.2) is 31.4 Å². The molecule has 0 aromatic heterocycles. The van der Waals surface area contributed by atoms with Gasteiger partial charge in [0.2, 0.25) is 5.91 Å². The first-order valence-electron chi connectivity index (χ1n) is 8.51. The van der Waals surface area contributed by atoms with Gasteiger partial charge in [0, 0.05) is 30.4 Å². The minimum absolute atomic E-state index is 0.0809. The van der Waals surface area contributed by atoms with Crippen molar-refractivity contribution in [2.45, 2.75) is 19.4 Å². The predicted octanol–water partition coefficient (Wildman–Crippen LogP) is 2.91. The maximum atomic E-state index is 12.2. The molecule has 0 saturated heterocycles. The van der Waals surface area contributed by atoms with Gasteiger partial charge in [-0.05, 0) is 48.9 Å². The molecule has 0 bridgehead atoms. The van der Waals surface area contributed by atoms with Crippen molar-refractivity contribution < 1.29 is 19.1 Å². The number of amides is 3. The standard InChI is InChI=1S/C20H22ClN3O4/c1-13(25)23-16-7-9-17(10-8-16)24-19(27)18(26)22-12-20(2,28-3)14-5-4-6-15(21)11-14/h4-11H,12H2,1-3H3,(H,22,26)(H,23,25)(H,24,27). The number of nitrogens with one attached hydrogen (secondary N) is 3. The van der Waals surface area contributed by atoms with Gasteiger partial charge in [0.1, 0.15) is 5.60 Å². The molecular weight excluding hydrogens is 382 g/mol. The van der Waals surface area contributed by atoms with Gasteiger partial charge in [-0.1, -0.05) is 23.7 Å². The second-order valence-corrected chi connectivity index (χ2v) is 6.78. The highest BCUT2D eigenvalue weighted by atomic mass is 35.5. The first kappa shape index (κ1) is 21.4. The third kappa shape index (κ3) is 5.80. The quantitative estimate of drug-likeness (QED) is 0.646. The van der Waals surface area contributed by atoms with Crippen LogP contribution in [0.3, 0.4) is 0 Å². The van der Waals surface area contributed by atoms with Gasteiger partial charge in [-0.15, -0.1) is 0 Å². The van der Waals surface area contributed by atoms with Gasteiger partial charge in [0.05, 0.1) is 6.54 Å². The summed E-state index contributed by atoms with van der Waals surface area (Å²) in [5, 5.41) is 8.24. The Morgan fingerprint density at radius 2 is 1.61 bits per heavy atom. The maximum absolute atomic E-state index is 12.2. The van der Waals surface area contributed by atoms with Crippen molar-refractivity contribution in [3.63, 3.8) is 0 Å². The molecule has 28 heavy (non-hydrogen) atoms. The fraction of sp³-hybridized carbons (Fsp3) is 0.250. The van der Waals surface area contributed by atoms with Crippen LogP contribution in [0.5, 0.6) is 0 Å². The number of benzene rings is 2. The Morgan fingerprint density at radius 3 is 2.14 bits per heavy atom. The van der Waals surface area contributed by atoms with Gasteiger partial charge in [-0.25, -0.2) is 0 Å². The maximum Gasteiger partial charge on any atom is 0.313 e. The van der Waals surface area contributed by atoms with Crippen LogP contribution in [0, 0.1) is 0 Å². The van der Waals surface area contributed by atoms with Gasteiger partial charge in [0.15, 0.2) is 0 Å². The SMILES string of the molecule is COC(C)(CNC(=O)C(=O)Nc1ccc(NC(C)=O)cc1)c1cccc(Cl)c1. The van der Waals surface area contributed by atoms with E-state index in [9.17, 15) is 14.4 Å². The van der Waals surface area contributed by atoms with Crippen LogP contribution in [0.4, 0.5) is 11.4 Å². The molecule has 0 aliphatic rings. The average Bonchev–Trinajstić information content (AvgIpc) is 2.67. The molecule has 2 rings (SSSR count). The summed E-state index contributed by atoms with van der Waals surface area (Å²) in [5.41, 5.74) is 0.948. The molecule has 0 heterocycles. The van der Waals surface area contributed by atoms with Gasteiger partial charge < -0.3 is 20.7 Å². The fourth-order valence-electron chi connectivity index (χ4n) is 2.47. The molecule has 0 spiro atoms. The first-order valence-corrected chi connectivity index (χ1v) is 8.89. The first-order chi connectivity index (χ1) is 13.2. The summed E-state index contributed by atoms with van der Waals surface area (Å²) in [7, 11) is 1.52. The summed E-state index contributed by atoms with van der Waals surface area (Å²) < 4.78 is 5.53. The van der Waals surface area contributed by atoms with Gasteiger partial charge in [0.25, 0.3) is 0 Å². The molecule has 2 aromatic carbocycles. The van der Waals surface area contributed by atoms with E-state index in [2.05, 4.69) is 16.0 Å². The van der Waals surface area contributed by atoms with Crippen molar-refractivity contribution in [3.05, 3.63) is 59.1 Å². The molecule has 3 amide bonds. The fourth-order valence-corrected chi connectivity index (χ4v) is 2.66. The van der Waals surface area contributed by atoms with E-state index in [0.29, 0.717) is 16.4 Å². The monoisotopic (exact) mass is 403 g/mol. The second-order valence-electron chi connectivity index (χ2n) is 6.34. The number of hydrogen-bond acceptors (Lipinski definition) is 4. The Bertz CT molecular complexity index is 870. The molecule has 0 aliphatic heterocycles. The smallest absolute Gasteiger partial charge is 0.313 e. The number of methoxy groups -OCH3 is 1. The molecule has 0 aliphatic carbocycles. The molecule has 3 N–H and O–H groups in total. The minimum atomic E-state index is -0.846. The molecule has 1 unspecified atom stereocenters. The molecule has 0 fully saturated rings. The predicted molar refractivity (Wildman–Crippen MR) is 108 cm³/mol. The molecule has 0 radical (unpaired) electrons. The largest absolute Gasteiger partial charge is 0.372 e. The number of hydrogen-bond donors (Lipinski definition) is 3. The summed E-state index contributed by atoms with van der Waals surface area (Å²) in [6.07, 6.45) is 0. The van der Waals surface area contributed by atoms with Gasteiger partial charge in [-0.3, -0.25) is 14.4 Å². The third-order valence-electron chi connectivity index (χ3n) is 4.14. The van der Waals surface area contributed by atoms with Crippen LogP contribution in [0.15, 0.2) is 48.5 Å². The molecule has 148 valence electrons. The van der Waals surface area contributed by atoms with Crippen LogP contribution >= 0.6 is 11.6 Å². The molecular formula is C20H22ClN3O4. The number of carbonyl (C=O) groups excluding carboxylic acids is 3. The lowest BCUT2D eigenvalue weighted by Gasteiger charge is -2.29. The Kier molecular flexibility index (Phi) is 7.14. The molecule has 8 heteroatoms. The molecule has 0 saturated carbocycles. The Balaban J connectivity index is 1.96. The van der Waals surface area contributed by atoms with Crippen molar-refractivity contribution in [3.8, 4) is 0 Å². The van der Waals surface area contributed by atoms with Crippen LogP contribution < -0.4 is 16.0 Å². The number of anilines is 2. The Hall–Kier alpha value is -2.90. The van der Waals surface area contributed by atoms with Crippen LogP contribution in [0.25, 0.3) is 0 Å². The van der Waals surface area contributed by atoms with Crippen molar-refractivity contribution in [1.82, 2.24) is 5.32 Å². The van der Waals surface area contributed by atoms with E-state index in [-0.39, 0.29) is 12.5 Å². The third-order valence-corrected chi connectivity index (χ3v) is 4.38. The lowest BCUT2D eigenvalue weighted by atomic mass is 9.95. The van der Waals surface area contributed by atoms with Crippen molar-refractivity contribution in [1.29, 1.82) is 0 Å². The zero-order valence-electron chi connectivity index (χ0n) is 15.8. The van der Waals surface area contributed by atoms with Crippen LogP contribution in [-0.2, 0) is 24.7 Å². The highest BCUT2D eigenvalue weighted by Gasteiger charge is 2.28. The lowest BCUT2D eigenvalue weighted by Crippen LogP contribution is -2.44. The van der Waals surface area contributed by atoms with E-state index >= 15 is 0 Å². The molecule has 7 nitrogen and oxygen atoms in total. The summed E-state index contributed by atoms with van der Waals surface area (Å²) >= 11 is 6.02. The summed E-state index contributed by atoms with van der Waals surface area (Å²) in [6, 6.07) is 13.5. The van der Waals surface area contributed by atoms with Crippen LogP contribution in [0.1, 0.15) is 19.4 Å². The van der Waals surface area contributed by atoms with Crippen molar-refractivity contribution >= 4 is 40.7 Å². The average molecular weight is 404 g/mol. The number of ether oxygens (including phenoxy) is 1. The zero-order chi connectivity index (χ0) is 20.7. The highest BCUT2D eigenvalue weighted by Crippen LogP contribution is 2.26. The molecule has 2 aromatic rings. The lowest BCUT2D eigenvalue weighted by molar-refractivity contribution is -0.137.